The van der Waals surface area contributed by atoms with Crippen LogP contribution in [0.15, 0.2) is 23.9 Å². The molecule has 0 heterocycles. The van der Waals surface area contributed by atoms with E-state index < -0.39 is 0 Å². The number of allylic oxidation sites excluding steroid dienone is 1. The molecule has 1 aromatic rings. The Balaban J connectivity index is 2.31. The summed E-state index contributed by atoms with van der Waals surface area (Å²) >= 11 is 0. The van der Waals surface area contributed by atoms with Crippen molar-refractivity contribution >= 4 is 6.08 Å². The Labute approximate surface area is 86.1 Å². The van der Waals surface area contributed by atoms with Crippen molar-refractivity contribution in [3.05, 3.63) is 40.6 Å². The molecule has 1 nitrogen and oxygen atoms in total. The Bertz CT molecular complexity index is 375. The van der Waals surface area contributed by atoms with E-state index in [1.54, 1.807) is 0 Å². The molecular formula is C13H17N. The molecule has 0 radical (unpaired) electrons. The van der Waals surface area contributed by atoms with Crippen molar-refractivity contribution in [3.8, 4) is 0 Å². The van der Waals surface area contributed by atoms with Crippen molar-refractivity contribution in [2.24, 2.45) is 0 Å². The van der Waals surface area contributed by atoms with E-state index in [2.05, 4.69) is 50.2 Å². The first-order chi connectivity index (χ1) is 6.70. The largest absolute Gasteiger partial charge is 0.381 e. The zero-order chi connectivity index (χ0) is 10.1. The summed E-state index contributed by atoms with van der Waals surface area (Å²) in [7, 11) is 4.22. The molecule has 0 bridgehead atoms. The van der Waals surface area contributed by atoms with Gasteiger partial charge in [0.05, 0.1) is 0 Å². The van der Waals surface area contributed by atoms with E-state index in [9.17, 15) is 0 Å². The van der Waals surface area contributed by atoms with Gasteiger partial charge in [0.15, 0.2) is 0 Å². The molecule has 14 heavy (non-hydrogen) atoms. The molecule has 1 heteroatoms. The summed E-state index contributed by atoms with van der Waals surface area (Å²) in [5.74, 6) is 0. The van der Waals surface area contributed by atoms with E-state index in [0.29, 0.717) is 0 Å². The molecule has 0 N–H and O–H groups in total. The second-order valence-corrected chi connectivity index (χ2v) is 4.09. The molecule has 0 spiro atoms. The quantitative estimate of drug-likeness (QED) is 0.688. The first kappa shape index (κ1) is 9.32. The van der Waals surface area contributed by atoms with Gasteiger partial charge in [-0.1, -0.05) is 25.1 Å². The molecule has 0 atom stereocenters. The molecule has 0 unspecified atom stereocenters. The van der Waals surface area contributed by atoms with Crippen LogP contribution in [-0.2, 0) is 12.8 Å². The van der Waals surface area contributed by atoms with Crippen LogP contribution in [0.2, 0.25) is 0 Å². The Morgan fingerprint density at radius 2 is 2.07 bits per heavy atom. The predicted octanol–water partition coefficient (Wildman–Crippen LogP) is 2.71. The fourth-order valence-corrected chi connectivity index (χ4v) is 1.89. The number of fused-ring (bicyclic) bond motifs is 1. The van der Waals surface area contributed by atoms with E-state index in [4.69, 9.17) is 0 Å². The van der Waals surface area contributed by atoms with Crippen LogP contribution < -0.4 is 0 Å². The van der Waals surface area contributed by atoms with Crippen LogP contribution in [0.4, 0.5) is 0 Å². The minimum Gasteiger partial charge on any atom is -0.381 e. The smallest absolute Gasteiger partial charge is 0.0178 e. The van der Waals surface area contributed by atoms with Crippen molar-refractivity contribution in [3.63, 3.8) is 0 Å². The highest BCUT2D eigenvalue weighted by Gasteiger charge is 2.13. The highest BCUT2D eigenvalue weighted by molar-refractivity contribution is 5.63. The summed E-state index contributed by atoms with van der Waals surface area (Å²) in [4.78, 5) is 2.20. The number of hydrogen-bond acceptors (Lipinski definition) is 1. The standard InChI is InChI=1S/C13H17N/c1-4-10-5-6-11-8-13(14(2)3)9-12(11)7-10/h5-8H,4,9H2,1-3H3. The first-order valence-corrected chi connectivity index (χ1v) is 5.20. The lowest BCUT2D eigenvalue weighted by Gasteiger charge is -2.12. The summed E-state index contributed by atoms with van der Waals surface area (Å²) in [6, 6.07) is 6.81. The van der Waals surface area contributed by atoms with Gasteiger partial charge in [0.25, 0.3) is 0 Å². The van der Waals surface area contributed by atoms with Crippen LogP contribution in [0, 0.1) is 0 Å². The van der Waals surface area contributed by atoms with Gasteiger partial charge in [-0.2, -0.15) is 0 Å². The van der Waals surface area contributed by atoms with E-state index in [1.807, 2.05) is 0 Å². The fourth-order valence-electron chi connectivity index (χ4n) is 1.89. The molecule has 2 rings (SSSR count). The molecule has 0 aromatic heterocycles. The second-order valence-electron chi connectivity index (χ2n) is 4.09. The van der Waals surface area contributed by atoms with Gasteiger partial charge in [0.1, 0.15) is 0 Å². The average molecular weight is 187 g/mol. The molecule has 0 fully saturated rings. The number of aryl methyl sites for hydroxylation is 1. The number of nitrogens with zero attached hydrogens (tertiary/aromatic N) is 1. The maximum Gasteiger partial charge on any atom is 0.0178 e. The van der Waals surface area contributed by atoms with Crippen LogP contribution in [0.3, 0.4) is 0 Å². The molecule has 1 aromatic carbocycles. The van der Waals surface area contributed by atoms with Gasteiger partial charge in [-0.3, -0.25) is 0 Å². The summed E-state index contributed by atoms with van der Waals surface area (Å²) in [5.41, 5.74) is 5.73. The average Bonchev–Trinajstić information content (AvgIpc) is 2.59. The minimum absolute atomic E-state index is 1.09. The minimum atomic E-state index is 1.09. The van der Waals surface area contributed by atoms with Gasteiger partial charge in [0.2, 0.25) is 0 Å². The van der Waals surface area contributed by atoms with Crippen molar-refractivity contribution < 1.29 is 0 Å². The van der Waals surface area contributed by atoms with Gasteiger partial charge in [-0.25, -0.2) is 0 Å². The third-order valence-electron chi connectivity index (χ3n) is 2.88. The molecular weight excluding hydrogens is 170 g/mol. The SMILES string of the molecule is CCc1ccc2c(c1)CC(N(C)C)=C2. The summed E-state index contributed by atoms with van der Waals surface area (Å²) in [6.45, 7) is 2.21. The van der Waals surface area contributed by atoms with Gasteiger partial charge in [-0.05, 0) is 29.2 Å². The van der Waals surface area contributed by atoms with Crippen molar-refractivity contribution in [1.82, 2.24) is 4.90 Å². The van der Waals surface area contributed by atoms with Crippen LogP contribution in [-0.4, -0.2) is 19.0 Å². The highest BCUT2D eigenvalue weighted by atomic mass is 15.1. The van der Waals surface area contributed by atoms with Crippen LogP contribution >= 0.6 is 0 Å². The van der Waals surface area contributed by atoms with E-state index in [1.165, 1.54) is 22.4 Å². The number of hydrogen-bond donors (Lipinski definition) is 0. The second kappa shape index (κ2) is 3.49. The number of rotatable bonds is 2. The van der Waals surface area contributed by atoms with Gasteiger partial charge in [0, 0.05) is 26.2 Å². The lowest BCUT2D eigenvalue weighted by atomic mass is 10.0. The topological polar surface area (TPSA) is 3.24 Å². The zero-order valence-corrected chi connectivity index (χ0v) is 9.17. The zero-order valence-electron chi connectivity index (χ0n) is 9.17. The lowest BCUT2D eigenvalue weighted by Crippen LogP contribution is -2.10. The Hall–Kier alpha value is -1.24. The Kier molecular flexibility index (Phi) is 2.32. The summed E-state index contributed by atoms with van der Waals surface area (Å²) < 4.78 is 0. The van der Waals surface area contributed by atoms with Crippen LogP contribution in [0.25, 0.3) is 6.08 Å². The maximum atomic E-state index is 2.34. The van der Waals surface area contributed by atoms with Gasteiger partial charge < -0.3 is 4.90 Å². The normalized spacial score (nSPS) is 13.8. The fraction of sp³-hybridized carbons (Fsp3) is 0.385. The van der Waals surface area contributed by atoms with E-state index >= 15 is 0 Å². The molecule has 74 valence electrons. The maximum absolute atomic E-state index is 2.34. The Morgan fingerprint density at radius 3 is 2.71 bits per heavy atom. The third kappa shape index (κ3) is 1.54. The third-order valence-corrected chi connectivity index (χ3v) is 2.88. The first-order valence-electron chi connectivity index (χ1n) is 5.20. The molecule has 0 saturated carbocycles. The van der Waals surface area contributed by atoms with Crippen LogP contribution in [0.5, 0.6) is 0 Å². The summed E-state index contributed by atoms with van der Waals surface area (Å²) in [6.07, 6.45) is 4.51. The summed E-state index contributed by atoms with van der Waals surface area (Å²) in [5, 5.41) is 0. The van der Waals surface area contributed by atoms with Crippen molar-refractivity contribution in [2.75, 3.05) is 14.1 Å². The van der Waals surface area contributed by atoms with Gasteiger partial charge in [-0.15, -0.1) is 0 Å². The molecule has 0 amide bonds. The molecule has 1 aliphatic carbocycles. The molecule has 0 aliphatic heterocycles. The van der Waals surface area contributed by atoms with Gasteiger partial charge >= 0.3 is 0 Å². The molecule has 1 aliphatic rings. The van der Waals surface area contributed by atoms with Crippen molar-refractivity contribution in [2.45, 2.75) is 19.8 Å². The van der Waals surface area contributed by atoms with Crippen molar-refractivity contribution in [1.29, 1.82) is 0 Å². The van der Waals surface area contributed by atoms with E-state index in [0.717, 1.165) is 12.8 Å². The number of benzene rings is 1. The number of likely N-dealkylation sites (N-methyl/N-ethyl adjacent to an activating group) is 1. The Morgan fingerprint density at radius 1 is 1.29 bits per heavy atom. The van der Waals surface area contributed by atoms with E-state index in [-0.39, 0.29) is 0 Å². The highest BCUT2D eigenvalue weighted by Crippen LogP contribution is 2.26. The monoisotopic (exact) mass is 187 g/mol. The predicted molar refractivity (Wildman–Crippen MR) is 61.2 cm³/mol. The lowest BCUT2D eigenvalue weighted by molar-refractivity contribution is 0.507. The molecule has 0 saturated heterocycles. The van der Waals surface area contributed by atoms with Crippen LogP contribution in [0.1, 0.15) is 23.6 Å².